The van der Waals surface area contributed by atoms with Gasteiger partial charge in [0.15, 0.2) is 5.82 Å². The van der Waals surface area contributed by atoms with Gasteiger partial charge < -0.3 is 14.6 Å². The zero-order valence-electron chi connectivity index (χ0n) is 12.2. The van der Waals surface area contributed by atoms with Crippen LogP contribution in [0.5, 0.6) is 5.75 Å². The number of halogens is 3. The van der Waals surface area contributed by atoms with E-state index >= 15 is 0 Å². The van der Waals surface area contributed by atoms with E-state index < -0.39 is 12.1 Å². The molecule has 0 bridgehead atoms. The summed E-state index contributed by atoms with van der Waals surface area (Å²) in [6.07, 6.45) is -4.13. The maximum absolute atomic E-state index is 12.3. The zero-order chi connectivity index (χ0) is 16.9. The van der Waals surface area contributed by atoms with Crippen LogP contribution in [0.3, 0.4) is 0 Å². The molecule has 2 rings (SSSR count). The van der Waals surface area contributed by atoms with E-state index in [9.17, 15) is 18.0 Å². The number of carbonyl (C=O) groups excluding carboxylic acids is 1. The number of alkyl halides is 3. The number of aromatic nitrogens is 2. The third-order valence-electron chi connectivity index (χ3n) is 2.87. The third-order valence-corrected chi connectivity index (χ3v) is 2.87. The molecule has 0 saturated carbocycles. The highest BCUT2D eigenvalue weighted by molar-refractivity contribution is 5.90. The summed E-state index contributed by atoms with van der Waals surface area (Å²) < 4.78 is 46.0. The first kappa shape index (κ1) is 16.8. The quantitative estimate of drug-likeness (QED) is 0.881. The van der Waals surface area contributed by atoms with Gasteiger partial charge in [-0.2, -0.15) is 18.2 Å². The molecule has 1 aromatic carbocycles. The lowest BCUT2D eigenvalue weighted by atomic mass is 10.2. The SMILES string of the molecule is COc1cccc(NC(=O)CCCc2noc(C(F)(F)F)n2)c1. The van der Waals surface area contributed by atoms with Crippen LogP contribution in [0.1, 0.15) is 24.6 Å². The summed E-state index contributed by atoms with van der Waals surface area (Å²) in [6.45, 7) is 0. The monoisotopic (exact) mass is 329 g/mol. The lowest BCUT2D eigenvalue weighted by Crippen LogP contribution is -2.11. The van der Waals surface area contributed by atoms with E-state index in [4.69, 9.17) is 4.74 Å². The van der Waals surface area contributed by atoms with Crippen LogP contribution in [0.15, 0.2) is 28.8 Å². The Kier molecular flexibility index (Phi) is 5.20. The molecule has 0 spiro atoms. The van der Waals surface area contributed by atoms with Gasteiger partial charge in [-0.05, 0) is 18.6 Å². The van der Waals surface area contributed by atoms with Crippen LogP contribution in [-0.2, 0) is 17.4 Å². The molecule has 0 unspecified atom stereocenters. The Balaban J connectivity index is 1.79. The molecule has 0 saturated heterocycles. The average molecular weight is 329 g/mol. The Hall–Kier alpha value is -2.58. The van der Waals surface area contributed by atoms with Crippen LogP contribution >= 0.6 is 0 Å². The lowest BCUT2D eigenvalue weighted by molar-refractivity contribution is -0.159. The molecule has 1 amide bonds. The van der Waals surface area contributed by atoms with Crippen molar-refractivity contribution in [3.63, 3.8) is 0 Å². The maximum atomic E-state index is 12.3. The van der Waals surface area contributed by atoms with E-state index in [0.717, 1.165) is 0 Å². The second kappa shape index (κ2) is 7.12. The number of ether oxygens (including phenoxy) is 1. The summed E-state index contributed by atoms with van der Waals surface area (Å²) in [5.41, 5.74) is 0.577. The summed E-state index contributed by atoms with van der Waals surface area (Å²) in [4.78, 5) is 15.0. The number of rotatable bonds is 6. The van der Waals surface area contributed by atoms with Crippen molar-refractivity contribution >= 4 is 11.6 Å². The average Bonchev–Trinajstić information content (AvgIpc) is 2.96. The highest BCUT2D eigenvalue weighted by Gasteiger charge is 2.38. The Labute approximate surface area is 129 Å². The maximum Gasteiger partial charge on any atom is 0.471 e. The van der Waals surface area contributed by atoms with E-state index in [2.05, 4.69) is 20.0 Å². The number of aryl methyl sites for hydroxylation is 1. The number of benzene rings is 1. The summed E-state index contributed by atoms with van der Waals surface area (Å²) in [5, 5.41) is 5.90. The number of hydrogen-bond donors (Lipinski definition) is 1. The van der Waals surface area contributed by atoms with Crippen molar-refractivity contribution in [2.75, 3.05) is 12.4 Å². The van der Waals surface area contributed by atoms with Crippen molar-refractivity contribution in [1.29, 1.82) is 0 Å². The fourth-order valence-electron chi connectivity index (χ4n) is 1.80. The van der Waals surface area contributed by atoms with Crippen molar-refractivity contribution in [3.8, 4) is 5.75 Å². The first-order valence-electron chi connectivity index (χ1n) is 6.72. The first-order chi connectivity index (χ1) is 10.9. The van der Waals surface area contributed by atoms with Crippen LogP contribution in [0.4, 0.5) is 18.9 Å². The molecule has 0 aliphatic rings. The molecule has 0 aliphatic heterocycles. The minimum absolute atomic E-state index is 0.0773. The molecule has 23 heavy (non-hydrogen) atoms. The van der Waals surface area contributed by atoms with Gasteiger partial charge in [0.2, 0.25) is 5.91 Å². The van der Waals surface area contributed by atoms with Crippen LogP contribution in [0, 0.1) is 0 Å². The van der Waals surface area contributed by atoms with Crippen molar-refractivity contribution in [3.05, 3.63) is 36.0 Å². The predicted octanol–water partition coefficient (Wildman–Crippen LogP) is 3.06. The molecule has 1 heterocycles. The van der Waals surface area contributed by atoms with Gasteiger partial charge in [0.05, 0.1) is 7.11 Å². The Morgan fingerprint density at radius 2 is 2.17 bits per heavy atom. The van der Waals surface area contributed by atoms with E-state index in [1.165, 1.54) is 7.11 Å². The number of nitrogens with one attached hydrogen (secondary N) is 1. The highest BCUT2D eigenvalue weighted by Crippen LogP contribution is 2.27. The second-order valence-corrected chi connectivity index (χ2v) is 4.65. The van der Waals surface area contributed by atoms with Gasteiger partial charge in [-0.1, -0.05) is 11.2 Å². The van der Waals surface area contributed by atoms with Crippen molar-refractivity contribution < 1.29 is 27.2 Å². The van der Waals surface area contributed by atoms with Crippen LogP contribution in [0.2, 0.25) is 0 Å². The molecule has 0 aliphatic carbocycles. The second-order valence-electron chi connectivity index (χ2n) is 4.65. The topological polar surface area (TPSA) is 77.2 Å². The van der Waals surface area contributed by atoms with E-state index in [0.29, 0.717) is 17.9 Å². The van der Waals surface area contributed by atoms with Gasteiger partial charge in [0, 0.05) is 24.6 Å². The molecule has 1 aromatic heterocycles. The molecular weight excluding hydrogens is 315 g/mol. The van der Waals surface area contributed by atoms with Crippen molar-refractivity contribution in [2.24, 2.45) is 0 Å². The molecule has 6 nitrogen and oxygen atoms in total. The third kappa shape index (κ3) is 4.97. The fraction of sp³-hybridized carbons (Fsp3) is 0.357. The zero-order valence-corrected chi connectivity index (χ0v) is 12.2. The van der Waals surface area contributed by atoms with Gasteiger partial charge in [-0.15, -0.1) is 0 Å². The van der Waals surface area contributed by atoms with Crippen LogP contribution < -0.4 is 10.1 Å². The number of carbonyl (C=O) groups is 1. The normalized spacial score (nSPS) is 11.3. The van der Waals surface area contributed by atoms with Gasteiger partial charge in [0.25, 0.3) is 0 Å². The standard InChI is InChI=1S/C14H14F3N3O3/c1-22-10-5-2-4-9(8-10)18-12(21)7-3-6-11-19-13(23-20-11)14(15,16)17/h2,4-5,8H,3,6-7H2,1H3,(H,18,21). The highest BCUT2D eigenvalue weighted by atomic mass is 19.4. The Bertz CT molecular complexity index is 671. The minimum atomic E-state index is -4.66. The number of nitrogens with zero attached hydrogens (tertiary/aromatic N) is 2. The van der Waals surface area contributed by atoms with E-state index in [1.807, 2.05) is 0 Å². The van der Waals surface area contributed by atoms with Gasteiger partial charge >= 0.3 is 12.1 Å². The lowest BCUT2D eigenvalue weighted by Gasteiger charge is -2.06. The van der Waals surface area contributed by atoms with Crippen molar-refractivity contribution in [1.82, 2.24) is 10.1 Å². The smallest absolute Gasteiger partial charge is 0.471 e. The Morgan fingerprint density at radius 3 is 2.83 bits per heavy atom. The number of amides is 1. The Morgan fingerprint density at radius 1 is 1.39 bits per heavy atom. The summed E-state index contributed by atoms with van der Waals surface area (Å²) in [6, 6.07) is 6.83. The van der Waals surface area contributed by atoms with E-state index in [-0.39, 0.29) is 24.6 Å². The molecule has 0 radical (unpaired) electrons. The van der Waals surface area contributed by atoms with Crippen molar-refractivity contribution in [2.45, 2.75) is 25.4 Å². The number of hydrogen-bond acceptors (Lipinski definition) is 5. The van der Waals surface area contributed by atoms with Crippen LogP contribution in [0.25, 0.3) is 0 Å². The molecular formula is C14H14F3N3O3. The predicted molar refractivity (Wildman–Crippen MR) is 73.9 cm³/mol. The summed E-state index contributed by atoms with van der Waals surface area (Å²) >= 11 is 0. The molecule has 9 heteroatoms. The molecule has 2 aromatic rings. The minimum Gasteiger partial charge on any atom is -0.497 e. The summed E-state index contributed by atoms with van der Waals surface area (Å²) in [7, 11) is 1.51. The van der Waals surface area contributed by atoms with E-state index in [1.54, 1.807) is 24.3 Å². The molecule has 124 valence electrons. The molecule has 0 atom stereocenters. The van der Waals surface area contributed by atoms with Gasteiger partial charge in [-0.25, -0.2) is 0 Å². The van der Waals surface area contributed by atoms with Gasteiger partial charge in [-0.3, -0.25) is 4.79 Å². The largest absolute Gasteiger partial charge is 0.497 e. The van der Waals surface area contributed by atoms with Crippen LogP contribution in [-0.4, -0.2) is 23.2 Å². The number of methoxy groups -OCH3 is 1. The first-order valence-corrected chi connectivity index (χ1v) is 6.72. The fourth-order valence-corrected chi connectivity index (χ4v) is 1.80. The number of anilines is 1. The molecule has 1 N–H and O–H groups in total. The van der Waals surface area contributed by atoms with Gasteiger partial charge in [0.1, 0.15) is 5.75 Å². The summed E-state index contributed by atoms with van der Waals surface area (Å²) in [5.74, 6) is -1.12. The molecule has 0 fully saturated rings.